The van der Waals surface area contributed by atoms with E-state index in [0.29, 0.717) is 6.42 Å². The Kier molecular flexibility index (Phi) is 1.75. The summed E-state index contributed by atoms with van der Waals surface area (Å²) in [4.78, 5) is 16.7. The van der Waals surface area contributed by atoms with E-state index in [-0.39, 0.29) is 5.78 Å². The number of nitrogens with zero attached hydrogens (tertiary/aromatic N) is 2. The van der Waals surface area contributed by atoms with Crippen LogP contribution in [0, 0.1) is 0 Å². The molecule has 0 atom stereocenters. The van der Waals surface area contributed by atoms with Gasteiger partial charge in [-0.2, -0.15) is 0 Å². The van der Waals surface area contributed by atoms with Gasteiger partial charge in [0.1, 0.15) is 5.65 Å². The van der Waals surface area contributed by atoms with Crippen LogP contribution in [0.5, 0.6) is 0 Å². The molecule has 0 bridgehead atoms. The van der Waals surface area contributed by atoms with E-state index in [2.05, 4.69) is 4.98 Å². The van der Waals surface area contributed by atoms with E-state index >= 15 is 0 Å². The van der Waals surface area contributed by atoms with Gasteiger partial charge >= 0.3 is 0 Å². The molecule has 0 saturated heterocycles. The van der Waals surface area contributed by atoms with E-state index in [4.69, 9.17) is 0 Å². The number of allylic oxidation sites excluding steroid dienone is 1. The first-order chi connectivity index (χ1) is 8.84. The summed E-state index contributed by atoms with van der Waals surface area (Å²) in [5.74, 6) is 0.147. The minimum Gasteiger partial charge on any atom is -0.299 e. The fraction of sp³-hybridized carbons (Fsp3) is 0.0667. The molecule has 0 radical (unpaired) electrons. The average Bonchev–Trinajstić information content (AvgIpc) is 2.77. The van der Waals surface area contributed by atoms with Gasteiger partial charge in [0, 0.05) is 12.6 Å². The third-order valence-corrected chi connectivity index (χ3v) is 3.39. The van der Waals surface area contributed by atoms with Gasteiger partial charge < -0.3 is 0 Å². The Balaban J connectivity index is 2.24. The second-order valence-corrected chi connectivity index (χ2v) is 4.47. The van der Waals surface area contributed by atoms with Gasteiger partial charge in [0.05, 0.1) is 16.6 Å². The molecule has 18 heavy (non-hydrogen) atoms. The number of rotatable bonds is 0. The number of Topliss-reactive ketones (excluding diaryl/α,β-unsaturated/α-hetero) is 1. The fourth-order valence-corrected chi connectivity index (χ4v) is 2.56. The lowest BCUT2D eigenvalue weighted by Gasteiger charge is -2.10. The monoisotopic (exact) mass is 234 g/mol. The van der Waals surface area contributed by atoms with Crippen molar-refractivity contribution in [2.24, 2.45) is 0 Å². The Morgan fingerprint density at radius 1 is 1.17 bits per heavy atom. The van der Waals surface area contributed by atoms with Crippen molar-refractivity contribution in [1.82, 2.24) is 9.38 Å². The van der Waals surface area contributed by atoms with Crippen LogP contribution in [0.25, 0.3) is 22.8 Å². The van der Waals surface area contributed by atoms with Crippen LogP contribution in [-0.2, 0) is 0 Å². The Labute approximate surface area is 103 Å². The van der Waals surface area contributed by atoms with E-state index in [0.717, 1.165) is 27.8 Å². The Bertz CT molecular complexity index is 827. The molecule has 3 nitrogen and oxygen atoms in total. The molecule has 1 aromatic carbocycles. The molecular weight excluding hydrogens is 224 g/mol. The Morgan fingerprint density at radius 2 is 2.06 bits per heavy atom. The van der Waals surface area contributed by atoms with E-state index in [1.807, 2.05) is 53.1 Å². The van der Waals surface area contributed by atoms with Gasteiger partial charge in [0.15, 0.2) is 5.78 Å². The van der Waals surface area contributed by atoms with Gasteiger partial charge in [0.2, 0.25) is 0 Å². The number of ketones is 1. The van der Waals surface area contributed by atoms with Crippen molar-refractivity contribution >= 4 is 28.5 Å². The molecule has 0 saturated carbocycles. The second-order valence-electron chi connectivity index (χ2n) is 4.47. The zero-order valence-corrected chi connectivity index (χ0v) is 9.63. The first-order valence-corrected chi connectivity index (χ1v) is 5.94. The Hall–Kier alpha value is -2.42. The fourth-order valence-electron chi connectivity index (χ4n) is 2.56. The van der Waals surface area contributed by atoms with Crippen LogP contribution < -0.4 is 0 Å². The van der Waals surface area contributed by atoms with E-state index < -0.39 is 0 Å². The molecule has 2 heterocycles. The number of hydrogen-bond acceptors (Lipinski definition) is 2. The smallest absolute Gasteiger partial charge is 0.170 e. The van der Waals surface area contributed by atoms with Gasteiger partial charge in [-0.25, -0.2) is 4.98 Å². The molecule has 4 rings (SSSR count). The molecule has 0 N–H and O–H groups in total. The van der Waals surface area contributed by atoms with E-state index in [9.17, 15) is 4.79 Å². The van der Waals surface area contributed by atoms with Gasteiger partial charge in [-0.15, -0.1) is 0 Å². The summed E-state index contributed by atoms with van der Waals surface area (Å²) in [5.41, 5.74) is 4.44. The van der Waals surface area contributed by atoms with Crippen molar-refractivity contribution in [2.75, 3.05) is 0 Å². The van der Waals surface area contributed by atoms with Crippen molar-refractivity contribution in [1.29, 1.82) is 0 Å². The highest BCUT2D eigenvalue weighted by molar-refractivity contribution is 6.08. The van der Waals surface area contributed by atoms with E-state index in [1.54, 1.807) is 0 Å². The number of para-hydroxylation sites is 2. The third kappa shape index (κ3) is 1.13. The molecule has 0 fully saturated rings. The van der Waals surface area contributed by atoms with Gasteiger partial charge in [-0.1, -0.05) is 24.3 Å². The molecule has 0 amide bonds. The molecule has 0 aliphatic heterocycles. The zero-order chi connectivity index (χ0) is 12.1. The van der Waals surface area contributed by atoms with Gasteiger partial charge in [0.25, 0.3) is 0 Å². The lowest BCUT2D eigenvalue weighted by atomic mass is 9.98. The van der Waals surface area contributed by atoms with Crippen LogP contribution in [0.4, 0.5) is 0 Å². The summed E-state index contributed by atoms with van der Waals surface area (Å²) in [6.07, 6.45) is 6.35. The van der Waals surface area contributed by atoms with Crippen LogP contribution in [0.3, 0.4) is 0 Å². The number of fused-ring (bicyclic) bond motifs is 5. The van der Waals surface area contributed by atoms with Gasteiger partial charge in [-0.05, 0) is 23.8 Å². The van der Waals surface area contributed by atoms with Crippen molar-refractivity contribution < 1.29 is 4.79 Å². The minimum absolute atomic E-state index is 0.147. The summed E-state index contributed by atoms with van der Waals surface area (Å²) in [7, 11) is 0. The molecule has 2 aromatic heterocycles. The summed E-state index contributed by atoms with van der Waals surface area (Å²) >= 11 is 0. The molecular formula is C15H10N2O. The SMILES string of the molecule is O=C1CC=Cc2ccn3c(nc4ccccc43)c21. The molecule has 86 valence electrons. The molecule has 0 unspecified atom stereocenters. The normalized spacial score (nSPS) is 14.3. The van der Waals surface area contributed by atoms with Crippen LogP contribution in [0.2, 0.25) is 0 Å². The largest absolute Gasteiger partial charge is 0.299 e. The maximum atomic E-state index is 12.1. The molecule has 1 aliphatic carbocycles. The maximum Gasteiger partial charge on any atom is 0.170 e. The highest BCUT2D eigenvalue weighted by atomic mass is 16.1. The van der Waals surface area contributed by atoms with Crippen LogP contribution in [0.15, 0.2) is 42.6 Å². The molecule has 3 aromatic rings. The minimum atomic E-state index is 0.147. The first kappa shape index (κ1) is 9.59. The maximum absolute atomic E-state index is 12.1. The predicted octanol–water partition coefficient (Wildman–Crippen LogP) is 3.09. The van der Waals surface area contributed by atoms with E-state index in [1.165, 1.54) is 0 Å². The molecule has 0 spiro atoms. The lowest BCUT2D eigenvalue weighted by molar-refractivity contribution is 0.0995. The Morgan fingerprint density at radius 3 is 3.00 bits per heavy atom. The van der Waals surface area contributed by atoms with Crippen molar-refractivity contribution in [3.8, 4) is 0 Å². The number of pyridine rings is 1. The number of carbonyl (C=O) groups is 1. The standard InChI is InChI=1S/C15H10N2O/c18-13-7-3-4-10-8-9-17-12-6-2-1-5-11(12)16-15(17)14(10)13/h1-6,8-9H,7H2. The zero-order valence-electron chi connectivity index (χ0n) is 9.63. The third-order valence-electron chi connectivity index (χ3n) is 3.39. The van der Waals surface area contributed by atoms with Crippen LogP contribution in [0.1, 0.15) is 22.3 Å². The van der Waals surface area contributed by atoms with Crippen molar-refractivity contribution in [2.45, 2.75) is 6.42 Å². The summed E-state index contributed by atoms with van der Waals surface area (Å²) < 4.78 is 1.99. The quantitative estimate of drug-likeness (QED) is 0.599. The number of hydrogen-bond donors (Lipinski definition) is 0. The lowest BCUT2D eigenvalue weighted by Crippen LogP contribution is -2.07. The van der Waals surface area contributed by atoms with Crippen molar-refractivity contribution in [3.05, 3.63) is 53.7 Å². The van der Waals surface area contributed by atoms with Crippen molar-refractivity contribution in [3.63, 3.8) is 0 Å². The van der Waals surface area contributed by atoms with Crippen LogP contribution in [-0.4, -0.2) is 15.2 Å². The number of aromatic nitrogens is 2. The summed E-state index contributed by atoms with van der Waals surface area (Å²) in [5, 5.41) is 0. The summed E-state index contributed by atoms with van der Waals surface area (Å²) in [6, 6.07) is 9.91. The molecule has 3 heteroatoms. The first-order valence-electron chi connectivity index (χ1n) is 5.94. The average molecular weight is 234 g/mol. The highest BCUT2D eigenvalue weighted by Gasteiger charge is 2.19. The number of imidazole rings is 1. The number of carbonyl (C=O) groups excluding carboxylic acids is 1. The predicted molar refractivity (Wildman–Crippen MR) is 70.7 cm³/mol. The summed E-state index contributed by atoms with van der Waals surface area (Å²) in [6.45, 7) is 0. The van der Waals surface area contributed by atoms with Crippen LogP contribution >= 0.6 is 0 Å². The highest BCUT2D eigenvalue weighted by Crippen LogP contribution is 2.26. The topological polar surface area (TPSA) is 34.4 Å². The molecule has 1 aliphatic rings. The number of benzene rings is 1. The second kappa shape index (κ2) is 3.29. The van der Waals surface area contributed by atoms with Gasteiger partial charge in [-0.3, -0.25) is 9.20 Å².